The molecule has 2 rings (SSSR count). The number of nitrogens with zero attached hydrogens (tertiary/aromatic N) is 1. The van der Waals surface area contributed by atoms with Crippen LogP contribution in [0.2, 0.25) is 0 Å². The summed E-state index contributed by atoms with van der Waals surface area (Å²) in [6.45, 7) is 11.9. The number of hydrogen-bond donors (Lipinski definition) is 1. The van der Waals surface area contributed by atoms with Crippen LogP contribution < -0.4 is 5.32 Å². The molecule has 1 fully saturated rings. The summed E-state index contributed by atoms with van der Waals surface area (Å²) in [5, 5.41) is 3.63. The zero-order valence-electron chi connectivity index (χ0n) is 12.7. The maximum absolute atomic E-state index is 13.2. The summed E-state index contributed by atoms with van der Waals surface area (Å²) in [6.07, 6.45) is 0. The summed E-state index contributed by atoms with van der Waals surface area (Å²) in [7, 11) is 0. The van der Waals surface area contributed by atoms with Gasteiger partial charge in [0.25, 0.3) is 0 Å². The average molecular weight is 343 g/mol. The Morgan fingerprint density at radius 2 is 2.10 bits per heavy atom. The third-order valence-corrected chi connectivity index (χ3v) is 4.87. The van der Waals surface area contributed by atoms with E-state index < -0.39 is 0 Å². The molecule has 1 N–H and O–H groups in total. The third kappa shape index (κ3) is 3.80. The van der Waals surface area contributed by atoms with Gasteiger partial charge >= 0.3 is 0 Å². The van der Waals surface area contributed by atoms with E-state index in [-0.39, 0.29) is 11.2 Å². The summed E-state index contributed by atoms with van der Waals surface area (Å²) >= 11 is 3.47. The second-order valence-corrected chi connectivity index (χ2v) is 7.70. The van der Waals surface area contributed by atoms with Gasteiger partial charge in [-0.2, -0.15) is 0 Å². The number of halogens is 2. The quantitative estimate of drug-likeness (QED) is 0.879. The highest BCUT2D eigenvalue weighted by molar-refractivity contribution is 9.10. The van der Waals surface area contributed by atoms with Gasteiger partial charge in [-0.15, -0.1) is 0 Å². The molecule has 0 spiro atoms. The Hall–Kier alpha value is -0.450. The van der Waals surface area contributed by atoms with Crippen LogP contribution in [0.15, 0.2) is 22.7 Å². The van der Waals surface area contributed by atoms with Crippen LogP contribution in [0.3, 0.4) is 0 Å². The maximum atomic E-state index is 13.2. The van der Waals surface area contributed by atoms with Crippen molar-refractivity contribution in [2.45, 2.75) is 46.3 Å². The molecule has 4 heteroatoms. The Morgan fingerprint density at radius 1 is 1.40 bits per heavy atom. The van der Waals surface area contributed by atoms with Crippen LogP contribution in [0.4, 0.5) is 4.39 Å². The summed E-state index contributed by atoms with van der Waals surface area (Å²) in [4.78, 5) is 2.48. The van der Waals surface area contributed by atoms with Crippen molar-refractivity contribution in [1.29, 1.82) is 0 Å². The molecule has 20 heavy (non-hydrogen) atoms. The van der Waals surface area contributed by atoms with E-state index in [4.69, 9.17) is 0 Å². The zero-order valence-corrected chi connectivity index (χ0v) is 14.3. The SMILES string of the molecule is CC1CNC(C(C)(C)C)CN1Cc1ccc(F)cc1Br. The van der Waals surface area contributed by atoms with Crippen LogP contribution in [0.1, 0.15) is 33.3 Å². The van der Waals surface area contributed by atoms with Crippen molar-refractivity contribution in [1.82, 2.24) is 10.2 Å². The minimum absolute atomic E-state index is 0.193. The van der Waals surface area contributed by atoms with E-state index in [1.807, 2.05) is 6.07 Å². The zero-order chi connectivity index (χ0) is 14.9. The molecule has 112 valence electrons. The van der Waals surface area contributed by atoms with Gasteiger partial charge in [0.15, 0.2) is 0 Å². The average Bonchev–Trinajstić information content (AvgIpc) is 2.33. The van der Waals surface area contributed by atoms with Gasteiger partial charge in [0.2, 0.25) is 0 Å². The van der Waals surface area contributed by atoms with Crippen LogP contribution in [-0.2, 0) is 6.54 Å². The molecule has 0 aliphatic carbocycles. The van der Waals surface area contributed by atoms with E-state index in [1.165, 1.54) is 6.07 Å². The molecule has 0 radical (unpaired) electrons. The topological polar surface area (TPSA) is 15.3 Å². The van der Waals surface area contributed by atoms with Crippen molar-refractivity contribution in [2.24, 2.45) is 5.41 Å². The number of hydrogen-bond acceptors (Lipinski definition) is 2. The highest BCUT2D eigenvalue weighted by Gasteiger charge is 2.32. The van der Waals surface area contributed by atoms with Crippen molar-refractivity contribution >= 4 is 15.9 Å². The van der Waals surface area contributed by atoms with Gasteiger partial charge in [0.1, 0.15) is 5.82 Å². The van der Waals surface area contributed by atoms with Crippen LogP contribution in [0.5, 0.6) is 0 Å². The van der Waals surface area contributed by atoms with Crippen molar-refractivity contribution < 1.29 is 4.39 Å². The van der Waals surface area contributed by atoms with Gasteiger partial charge in [-0.1, -0.05) is 42.8 Å². The highest BCUT2D eigenvalue weighted by atomic mass is 79.9. The van der Waals surface area contributed by atoms with Crippen LogP contribution in [-0.4, -0.2) is 30.1 Å². The Morgan fingerprint density at radius 3 is 2.70 bits per heavy atom. The second-order valence-electron chi connectivity index (χ2n) is 6.84. The largest absolute Gasteiger partial charge is 0.311 e. The molecule has 1 heterocycles. The Balaban J connectivity index is 2.10. The van der Waals surface area contributed by atoms with Gasteiger partial charge in [-0.3, -0.25) is 4.90 Å². The van der Waals surface area contributed by atoms with Gasteiger partial charge in [-0.25, -0.2) is 4.39 Å². The minimum atomic E-state index is -0.193. The third-order valence-electron chi connectivity index (χ3n) is 4.13. The smallest absolute Gasteiger partial charge is 0.124 e. The lowest BCUT2D eigenvalue weighted by molar-refractivity contribution is 0.0875. The lowest BCUT2D eigenvalue weighted by Gasteiger charge is -2.44. The standard InChI is InChI=1S/C16H24BrFN2/c1-11-8-19-15(16(2,3)4)10-20(11)9-12-5-6-13(18)7-14(12)17/h5-7,11,15,19H,8-10H2,1-4H3. The van der Waals surface area contributed by atoms with E-state index in [2.05, 4.69) is 53.8 Å². The predicted octanol–water partition coefficient (Wildman–Crippen LogP) is 3.80. The molecular weight excluding hydrogens is 319 g/mol. The van der Waals surface area contributed by atoms with Gasteiger partial charge < -0.3 is 5.32 Å². The van der Waals surface area contributed by atoms with Crippen molar-refractivity contribution in [3.8, 4) is 0 Å². The molecule has 1 saturated heterocycles. The summed E-state index contributed by atoms with van der Waals surface area (Å²) in [6, 6.07) is 5.93. The summed E-state index contributed by atoms with van der Waals surface area (Å²) in [5.74, 6) is -0.193. The molecule has 1 aromatic rings. The first-order chi connectivity index (χ1) is 9.27. The number of piperazine rings is 1. The molecule has 2 atom stereocenters. The molecule has 2 nitrogen and oxygen atoms in total. The molecule has 0 aromatic heterocycles. The number of nitrogens with one attached hydrogen (secondary N) is 1. The molecule has 0 amide bonds. The summed E-state index contributed by atoms with van der Waals surface area (Å²) < 4.78 is 14.0. The molecule has 0 bridgehead atoms. The van der Waals surface area contributed by atoms with Crippen LogP contribution in [0, 0.1) is 11.2 Å². The van der Waals surface area contributed by atoms with E-state index >= 15 is 0 Å². The first-order valence-corrected chi connectivity index (χ1v) is 7.98. The van der Waals surface area contributed by atoms with Gasteiger partial charge in [0, 0.05) is 36.2 Å². The number of benzene rings is 1. The number of rotatable bonds is 2. The van der Waals surface area contributed by atoms with Crippen molar-refractivity contribution in [3.63, 3.8) is 0 Å². The van der Waals surface area contributed by atoms with Crippen molar-refractivity contribution in [2.75, 3.05) is 13.1 Å². The molecule has 1 aliphatic rings. The molecule has 1 aliphatic heterocycles. The molecule has 0 saturated carbocycles. The second kappa shape index (κ2) is 6.12. The van der Waals surface area contributed by atoms with Crippen LogP contribution >= 0.6 is 15.9 Å². The van der Waals surface area contributed by atoms with E-state index in [0.29, 0.717) is 12.1 Å². The maximum Gasteiger partial charge on any atom is 0.124 e. The summed E-state index contributed by atoms with van der Waals surface area (Å²) in [5.41, 5.74) is 1.39. The first kappa shape index (κ1) is 15.9. The molecule has 2 unspecified atom stereocenters. The predicted molar refractivity (Wildman–Crippen MR) is 85.2 cm³/mol. The fraction of sp³-hybridized carbons (Fsp3) is 0.625. The Bertz CT molecular complexity index is 470. The molecular formula is C16H24BrFN2. The van der Waals surface area contributed by atoms with E-state index in [0.717, 1.165) is 29.7 Å². The Kier molecular flexibility index (Phi) is 4.88. The first-order valence-electron chi connectivity index (χ1n) is 7.18. The van der Waals surface area contributed by atoms with Gasteiger partial charge in [0.05, 0.1) is 0 Å². The van der Waals surface area contributed by atoms with Crippen LogP contribution in [0.25, 0.3) is 0 Å². The van der Waals surface area contributed by atoms with Gasteiger partial charge in [-0.05, 0) is 30.0 Å². The Labute approximate surface area is 129 Å². The monoisotopic (exact) mass is 342 g/mol. The minimum Gasteiger partial charge on any atom is -0.311 e. The van der Waals surface area contributed by atoms with Crippen molar-refractivity contribution in [3.05, 3.63) is 34.1 Å². The fourth-order valence-corrected chi connectivity index (χ4v) is 3.07. The fourth-order valence-electron chi connectivity index (χ4n) is 2.59. The van der Waals surface area contributed by atoms with E-state index in [9.17, 15) is 4.39 Å². The highest BCUT2D eigenvalue weighted by Crippen LogP contribution is 2.26. The lowest BCUT2D eigenvalue weighted by Crippen LogP contribution is -2.59. The molecule has 1 aromatic carbocycles. The lowest BCUT2D eigenvalue weighted by atomic mass is 9.84. The normalized spacial score (nSPS) is 24.9. The van der Waals surface area contributed by atoms with E-state index in [1.54, 1.807) is 6.07 Å².